The number of ether oxygens (including phenoxy) is 1. The molecule has 182 valence electrons. The predicted molar refractivity (Wildman–Crippen MR) is 131 cm³/mol. The van der Waals surface area contributed by atoms with Gasteiger partial charge in [-0.25, -0.2) is 5.01 Å². The molecule has 0 bridgehead atoms. The highest BCUT2D eigenvalue weighted by Gasteiger charge is 2.54. The van der Waals surface area contributed by atoms with Crippen molar-refractivity contribution >= 4 is 46.7 Å². The summed E-state index contributed by atoms with van der Waals surface area (Å²) in [6, 6.07) is 9.46. The van der Waals surface area contributed by atoms with Crippen molar-refractivity contribution in [2.24, 2.45) is 17.8 Å². The van der Waals surface area contributed by atoms with Crippen LogP contribution in [0.15, 0.2) is 54.6 Å². The number of ketones is 1. The van der Waals surface area contributed by atoms with Gasteiger partial charge in [0, 0.05) is 11.1 Å². The minimum absolute atomic E-state index is 0.0930. The Kier molecular flexibility index (Phi) is 7.01. The second-order valence-electron chi connectivity index (χ2n) is 8.69. The van der Waals surface area contributed by atoms with Gasteiger partial charge in [-0.15, -0.1) is 0 Å². The van der Waals surface area contributed by atoms with Gasteiger partial charge in [0.15, 0.2) is 5.78 Å². The van der Waals surface area contributed by atoms with E-state index in [2.05, 4.69) is 0 Å². The number of carbonyl (C=O) groups excluding carboxylic acids is 4. The lowest BCUT2D eigenvalue weighted by atomic mass is 9.78. The maximum atomic E-state index is 13.7. The van der Waals surface area contributed by atoms with Crippen LogP contribution in [0.4, 0.5) is 0 Å². The normalized spacial score (nSPS) is 22.1. The maximum Gasteiger partial charge on any atom is 0.273 e. The van der Waals surface area contributed by atoms with Crippen molar-refractivity contribution in [2.45, 2.75) is 26.3 Å². The molecule has 1 heterocycles. The van der Waals surface area contributed by atoms with Crippen LogP contribution in [-0.4, -0.2) is 46.7 Å². The van der Waals surface area contributed by atoms with E-state index < -0.39 is 41.4 Å². The number of nitrogens with zero attached hydrogens (tertiary/aromatic N) is 2. The third kappa shape index (κ3) is 4.46. The van der Waals surface area contributed by atoms with Gasteiger partial charge in [0.25, 0.3) is 17.7 Å². The number of benzene rings is 2. The zero-order chi connectivity index (χ0) is 25.4. The monoisotopic (exact) mass is 514 g/mol. The highest BCUT2D eigenvalue weighted by molar-refractivity contribution is 6.42. The SMILES string of the molecule is COc1ccc(C(=O)[C@H](C)N(C(=O)c2ccc(Cl)c(Cl)c2)N2C(=O)[C@H]3[C@H](C)C=CC[C@H]3C2=O)cc1. The molecule has 1 fully saturated rings. The number of fused-ring (bicyclic) bond motifs is 1. The number of carbonyl (C=O) groups is 4. The number of methoxy groups -OCH3 is 1. The Morgan fingerprint density at radius 2 is 1.69 bits per heavy atom. The van der Waals surface area contributed by atoms with Crippen LogP contribution in [0.2, 0.25) is 10.0 Å². The molecule has 4 rings (SSSR count). The molecule has 0 spiro atoms. The van der Waals surface area contributed by atoms with Gasteiger partial charge in [-0.05, 0) is 61.7 Å². The molecular formula is C26H24Cl2N2O5. The van der Waals surface area contributed by atoms with Gasteiger partial charge in [0.05, 0.1) is 29.0 Å². The van der Waals surface area contributed by atoms with E-state index in [4.69, 9.17) is 27.9 Å². The van der Waals surface area contributed by atoms with Crippen LogP contribution in [0.25, 0.3) is 0 Å². The first-order valence-corrected chi connectivity index (χ1v) is 11.9. The fourth-order valence-electron chi connectivity index (χ4n) is 4.65. The molecule has 0 unspecified atom stereocenters. The van der Waals surface area contributed by atoms with Crippen molar-refractivity contribution in [3.8, 4) is 5.75 Å². The Hall–Kier alpha value is -3.16. The van der Waals surface area contributed by atoms with E-state index >= 15 is 0 Å². The molecule has 0 N–H and O–H groups in total. The lowest BCUT2D eigenvalue weighted by Gasteiger charge is -2.35. The number of amides is 3. The summed E-state index contributed by atoms with van der Waals surface area (Å²) in [5, 5.41) is 2.20. The Labute approximate surface area is 213 Å². The molecule has 0 saturated carbocycles. The molecule has 7 nitrogen and oxygen atoms in total. The van der Waals surface area contributed by atoms with Crippen molar-refractivity contribution < 1.29 is 23.9 Å². The molecular weight excluding hydrogens is 491 g/mol. The summed E-state index contributed by atoms with van der Waals surface area (Å²) in [5.41, 5.74) is 0.396. The van der Waals surface area contributed by atoms with Crippen LogP contribution in [0.5, 0.6) is 5.75 Å². The summed E-state index contributed by atoms with van der Waals surface area (Å²) in [6.07, 6.45) is 4.16. The number of hydrazine groups is 1. The van der Waals surface area contributed by atoms with E-state index in [0.717, 1.165) is 10.0 Å². The minimum Gasteiger partial charge on any atom is -0.497 e. The molecule has 4 atom stereocenters. The summed E-state index contributed by atoms with van der Waals surface area (Å²) in [7, 11) is 1.51. The zero-order valence-corrected chi connectivity index (χ0v) is 20.9. The summed E-state index contributed by atoms with van der Waals surface area (Å²) in [4.78, 5) is 54.1. The molecule has 9 heteroatoms. The van der Waals surface area contributed by atoms with Crippen molar-refractivity contribution in [1.29, 1.82) is 0 Å². The third-order valence-corrected chi connectivity index (χ3v) is 7.30. The van der Waals surface area contributed by atoms with E-state index in [1.807, 2.05) is 19.1 Å². The number of Topliss-reactive ketones (excluding diaryl/α,β-unsaturated/α-hetero) is 1. The molecule has 2 aromatic rings. The lowest BCUT2D eigenvalue weighted by Crippen LogP contribution is -2.56. The average molecular weight is 515 g/mol. The van der Waals surface area contributed by atoms with Gasteiger partial charge < -0.3 is 4.74 Å². The molecule has 2 aromatic carbocycles. The molecule has 2 aliphatic rings. The van der Waals surface area contributed by atoms with Crippen LogP contribution in [-0.2, 0) is 9.59 Å². The van der Waals surface area contributed by atoms with Crippen molar-refractivity contribution in [2.75, 3.05) is 7.11 Å². The fraction of sp³-hybridized carbons (Fsp3) is 0.308. The molecule has 3 amide bonds. The van der Waals surface area contributed by atoms with Gasteiger partial charge in [-0.2, -0.15) is 5.01 Å². The van der Waals surface area contributed by atoms with Crippen molar-refractivity contribution in [3.63, 3.8) is 0 Å². The first-order chi connectivity index (χ1) is 16.6. The molecule has 35 heavy (non-hydrogen) atoms. The van der Waals surface area contributed by atoms with E-state index in [1.54, 1.807) is 24.3 Å². The third-order valence-electron chi connectivity index (χ3n) is 6.56. The van der Waals surface area contributed by atoms with Crippen molar-refractivity contribution in [1.82, 2.24) is 10.0 Å². The molecule has 1 aliphatic heterocycles. The van der Waals surface area contributed by atoms with E-state index in [1.165, 1.54) is 32.2 Å². The van der Waals surface area contributed by atoms with E-state index in [0.29, 0.717) is 17.7 Å². The number of rotatable bonds is 6. The zero-order valence-electron chi connectivity index (χ0n) is 19.4. The van der Waals surface area contributed by atoms with Gasteiger partial charge in [-0.3, -0.25) is 19.2 Å². The van der Waals surface area contributed by atoms with Gasteiger partial charge in [-0.1, -0.05) is 42.3 Å². The van der Waals surface area contributed by atoms with Crippen LogP contribution in [0.1, 0.15) is 41.0 Å². The number of allylic oxidation sites excluding steroid dienone is 2. The molecule has 1 aliphatic carbocycles. The average Bonchev–Trinajstić information content (AvgIpc) is 3.11. The minimum atomic E-state index is -1.17. The standard InChI is InChI=1S/C26H24Cl2N2O5/c1-14-5-4-6-19-22(14)26(34)30(25(19)33)29(24(32)17-9-12-20(27)21(28)13-17)15(2)23(31)16-7-10-18(35-3)11-8-16/h4-5,7-15,19,22H,6H2,1-3H3/t14-,15+,19-,22+/m1/s1. The summed E-state index contributed by atoms with van der Waals surface area (Å²) in [5.74, 6) is -2.95. The molecule has 1 saturated heterocycles. The van der Waals surface area contributed by atoms with E-state index in [-0.39, 0.29) is 21.5 Å². The van der Waals surface area contributed by atoms with Crippen LogP contribution < -0.4 is 4.74 Å². The molecule has 0 aromatic heterocycles. The number of hydrogen-bond donors (Lipinski definition) is 0. The second-order valence-corrected chi connectivity index (χ2v) is 9.51. The highest BCUT2D eigenvalue weighted by Crippen LogP contribution is 2.40. The number of halogens is 2. The van der Waals surface area contributed by atoms with Crippen molar-refractivity contribution in [3.05, 3.63) is 75.8 Å². The Bertz CT molecular complexity index is 1230. The Morgan fingerprint density at radius 1 is 1.03 bits per heavy atom. The number of hydrogen-bond acceptors (Lipinski definition) is 5. The lowest BCUT2D eigenvalue weighted by molar-refractivity contribution is -0.156. The highest BCUT2D eigenvalue weighted by atomic mass is 35.5. The quantitative estimate of drug-likeness (QED) is 0.313. The maximum absolute atomic E-state index is 13.7. The Balaban J connectivity index is 1.76. The van der Waals surface area contributed by atoms with Crippen LogP contribution in [0, 0.1) is 17.8 Å². The van der Waals surface area contributed by atoms with Gasteiger partial charge >= 0.3 is 0 Å². The first-order valence-electron chi connectivity index (χ1n) is 11.2. The summed E-state index contributed by atoms with van der Waals surface area (Å²) in [6.45, 7) is 3.35. The van der Waals surface area contributed by atoms with E-state index in [9.17, 15) is 19.2 Å². The Morgan fingerprint density at radius 3 is 2.29 bits per heavy atom. The predicted octanol–water partition coefficient (Wildman–Crippen LogP) is 4.83. The summed E-state index contributed by atoms with van der Waals surface area (Å²) >= 11 is 12.1. The van der Waals surface area contributed by atoms with Gasteiger partial charge in [0.1, 0.15) is 11.8 Å². The van der Waals surface area contributed by atoms with Gasteiger partial charge in [0.2, 0.25) is 0 Å². The smallest absolute Gasteiger partial charge is 0.273 e. The fourth-order valence-corrected chi connectivity index (χ4v) is 4.95. The first kappa shape index (κ1) is 24.9. The number of imide groups is 1. The topological polar surface area (TPSA) is 84.0 Å². The van der Waals surface area contributed by atoms with Crippen LogP contribution in [0.3, 0.4) is 0 Å². The van der Waals surface area contributed by atoms with Crippen LogP contribution >= 0.6 is 23.2 Å². The largest absolute Gasteiger partial charge is 0.497 e. The second kappa shape index (κ2) is 9.84. The summed E-state index contributed by atoms with van der Waals surface area (Å²) < 4.78 is 5.14. The molecule has 0 radical (unpaired) electrons.